The number of nitrogens with zero attached hydrogens (tertiary/aromatic N) is 1. The zero-order valence-corrected chi connectivity index (χ0v) is 22.0. The molecule has 3 atom stereocenters. The zero-order chi connectivity index (χ0) is 26.2. The van der Waals surface area contributed by atoms with Crippen LogP contribution in [-0.2, 0) is 0 Å². The lowest BCUT2D eigenvalue weighted by Crippen LogP contribution is -2.48. The fraction of sp³-hybridized carbons (Fsp3) is 0.156. The summed E-state index contributed by atoms with van der Waals surface area (Å²) >= 11 is 7.72. The second-order valence-electron chi connectivity index (χ2n) is 10.2. The van der Waals surface area contributed by atoms with Crippen molar-refractivity contribution in [3.8, 4) is 0 Å². The van der Waals surface area contributed by atoms with Gasteiger partial charge in [0.1, 0.15) is 11.5 Å². The monoisotopic (exact) mass is 535 g/mol. The topological polar surface area (TPSA) is 54.5 Å². The van der Waals surface area contributed by atoms with Gasteiger partial charge in [0.15, 0.2) is 17.3 Å². The molecule has 0 radical (unpaired) electrons. The highest BCUT2D eigenvalue weighted by atomic mass is 35.5. The second kappa shape index (κ2) is 8.35. The van der Waals surface area contributed by atoms with Crippen molar-refractivity contribution >= 4 is 52.1 Å². The molecule has 0 saturated carbocycles. The Hall–Kier alpha value is -3.80. The Bertz CT molecular complexity index is 1640. The molecule has 0 amide bonds. The largest absolute Gasteiger partial charge is 0.352 e. The van der Waals surface area contributed by atoms with E-state index < -0.39 is 23.4 Å². The van der Waals surface area contributed by atoms with Crippen molar-refractivity contribution in [2.75, 3.05) is 4.90 Å². The Morgan fingerprint density at radius 1 is 0.921 bits per heavy atom. The number of ketones is 3. The molecule has 4 aromatic rings. The average molecular weight is 536 g/mol. The summed E-state index contributed by atoms with van der Waals surface area (Å²) in [5, 5.41) is 2.46. The minimum Gasteiger partial charge on any atom is -0.352 e. The first-order chi connectivity index (χ1) is 18.4. The summed E-state index contributed by atoms with van der Waals surface area (Å²) in [6, 6.07) is 22.7. The van der Waals surface area contributed by atoms with Gasteiger partial charge < -0.3 is 4.90 Å². The predicted molar refractivity (Wildman–Crippen MR) is 151 cm³/mol. The molecule has 7 rings (SSSR count). The third-order valence-electron chi connectivity index (χ3n) is 8.23. The Kier molecular flexibility index (Phi) is 5.13. The maximum atomic E-state index is 14.5. The number of hydrogen-bond donors (Lipinski definition) is 0. The van der Waals surface area contributed by atoms with Crippen molar-refractivity contribution in [3.63, 3.8) is 0 Å². The number of hydrogen-bond acceptors (Lipinski definition) is 5. The molecular formula is C32H22ClNO3S. The molecule has 3 aliphatic rings. The second-order valence-corrected chi connectivity index (χ2v) is 11.5. The van der Waals surface area contributed by atoms with Crippen LogP contribution in [0.2, 0.25) is 5.02 Å². The van der Waals surface area contributed by atoms with Crippen LogP contribution in [0, 0.1) is 12.3 Å². The standard InChI is InChI=1S/C32H22ClNO3S/c1-18-8-10-19(11-9-18)27-28(29(35)25-7-4-16-38-25)34-24-14-13-21(33)17-20(24)12-15-26(34)32(27)30(36)22-5-2-3-6-23(22)31(32)37/h2-17,26-28H,1H3/t26-,27+,28-/m1/s1. The van der Waals surface area contributed by atoms with Gasteiger partial charge >= 0.3 is 0 Å². The van der Waals surface area contributed by atoms with E-state index in [0.717, 1.165) is 22.4 Å². The van der Waals surface area contributed by atoms with Gasteiger partial charge in [-0.15, -0.1) is 11.3 Å². The van der Waals surface area contributed by atoms with Crippen molar-refractivity contribution in [1.29, 1.82) is 0 Å². The van der Waals surface area contributed by atoms with Crippen molar-refractivity contribution in [2.24, 2.45) is 5.41 Å². The zero-order valence-electron chi connectivity index (χ0n) is 20.4. The van der Waals surface area contributed by atoms with Crippen LogP contribution in [0.4, 0.5) is 5.69 Å². The SMILES string of the molecule is Cc1ccc([C@H]2[C@H](C(=O)c3cccs3)N3c4ccc(Cl)cc4C=C[C@@H]3C23C(=O)c2ccccc2C3=O)cc1. The Labute approximate surface area is 229 Å². The smallest absolute Gasteiger partial charge is 0.195 e. The summed E-state index contributed by atoms with van der Waals surface area (Å²) in [5.74, 6) is -1.23. The molecule has 0 N–H and O–H groups in total. The number of fused-ring (bicyclic) bond motifs is 5. The molecule has 6 heteroatoms. The molecule has 38 heavy (non-hydrogen) atoms. The first-order valence-electron chi connectivity index (χ1n) is 12.5. The summed E-state index contributed by atoms with van der Waals surface area (Å²) in [5.41, 5.74) is 2.88. The number of anilines is 1. The van der Waals surface area contributed by atoms with E-state index in [2.05, 4.69) is 0 Å². The average Bonchev–Trinajstić information content (AvgIpc) is 3.62. The molecule has 4 nitrogen and oxygen atoms in total. The summed E-state index contributed by atoms with van der Waals surface area (Å²) in [6.07, 6.45) is 3.85. The molecule has 1 saturated heterocycles. The fourth-order valence-electron chi connectivity index (χ4n) is 6.66. The van der Waals surface area contributed by atoms with Crippen LogP contribution in [0.3, 0.4) is 0 Å². The van der Waals surface area contributed by atoms with Crippen molar-refractivity contribution in [2.45, 2.75) is 24.9 Å². The predicted octanol–water partition coefficient (Wildman–Crippen LogP) is 7.03. The summed E-state index contributed by atoms with van der Waals surface area (Å²) in [6.45, 7) is 2.00. The Balaban J connectivity index is 1.56. The number of rotatable bonds is 3. The van der Waals surface area contributed by atoms with Crippen LogP contribution >= 0.6 is 22.9 Å². The van der Waals surface area contributed by atoms with E-state index in [9.17, 15) is 14.4 Å². The molecule has 2 aliphatic heterocycles. The van der Waals surface area contributed by atoms with Gasteiger partial charge in [-0.25, -0.2) is 0 Å². The van der Waals surface area contributed by atoms with Gasteiger partial charge in [0, 0.05) is 27.8 Å². The van der Waals surface area contributed by atoms with Crippen LogP contribution in [-0.4, -0.2) is 29.4 Å². The molecule has 186 valence electrons. The lowest BCUT2D eigenvalue weighted by atomic mass is 9.64. The highest BCUT2D eigenvalue weighted by molar-refractivity contribution is 7.12. The lowest BCUT2D eigenvalue weighted by Gasteiger charge is -2.37. The molecule has 0 bridgehead atoms. The van der Waals surface area contributed by atoms with Crippen molar-refractivity contribution < 1.29 is 14.4 Å². The first-order valence-corrected chi connectivity index (χ1v) is 13.8. The third kappa shape index (κ3) is 3.00. The molecular weight excluding hydrogens is 514 g/mol. The van der Waals surface area contributed by atoms with E-state index in [4.69, 9.17) is 11.6 Å². The minimum atomic E-state index is -1.48. The number of halogens is 1. The molecule has 1 aliphatic carbocycles. The van der Waals surface area contributed by atoms with Crippen LogP contribution in [0.1, 0.15) is 53.0 Å². The lowest BCUT2D eigenvalue weighted by molar-refractivity contribution is 0.0666. The maximum absolute atomic E-state index is 14.5. The molecule has 1 fully saturated rings. The molecule has 0 unspecified atom stereocenters. The van der Waals surface area contributed by atoms with Crippen molar-refractivity contribution in [3.05, 3.63) is 128 Å². The van der Waals surface area contributed by atoms with E-state index in [0.29, 0.717) is 21.0 Å². The van der Waals surface area contributed by atoms with Crippen LogP contribution in [0.25, 0.3) is 6.08 Å². The van der Waals surface area contributed by atoms with Crippen LogP contribution in [0.5, 0.6) is 0 Å². The molecule has 1 aromatic heterocycles. The van der Waals surface area contributed by atoms with E-state index >= 15 is 0 Å². The van der Waals surface area contributed by atoms with E-state index in [1.807, 2.05) is 77.9 Å². The van der Waals surface area contributed by atoms with Crippen molar-refractivity contribution in [1.82, 2.24) is 0 Å². The van der Waals surface area contributed by atoms with Gasteiger partial charge in [-0.2, -0.15) is 0 Å². The van der Waals surface area contributed by atoms with Gasteiger partial charge in [0.05, 0.1) is 10.9 Å². The van der Waals surface area contributed by atoms with Crippen LogP contribution in [0.15, 0.2) is 90.3 Å². The van der Waals surface area contributed by atoms with E-state index in [1.165, 1.54) is 11.3 Å². The highest BCUT2D eigenvalue weighted by Gasteiger charge is 2.71. The summed E-state index contributed by atoms with van der Waals surface area (Å²) in [4.78, 5) is 46.1. The Morgan fingerprint density at radius 2 is 1.63 bits per heavy atom. The van der Waals surface area contributed by atoms with Gasteiger partial charge in [-0.3, -0.25) is 14.4 Å². The summed E-state index contributed by atoms with van der Waals surface area (Å²) in [7, 11) is 0. The molecule has 1 spiro atoms. The van der Waals surface area contributed by atoms with Crippen LogP contribution < -0.4 is 4.90 Å². The van der Waals surface area contributed by atoms with E-state index in [1.54, 1.807) is 30.3 Å². The number of carbonyl (C=O) groups excluding carboxylic acids is 3. The first kappa shape index (κ1) is 23.3. The summed E-state index contributed by atoms with van der Waals surface area (Å²) < 4.78 is 0. The maximum Gasteiger partial charge on any atom is 0.195 e. The highest BCUT2D eigenvalue weighted by Crippen LogP contribution is 2.61. The van der Waals surface area contributed by atoms with Gasteiger partial charge in [-0.05, 0) is 47.7 Å². The van der Waals surface area contributed by atoms with Gasteiger partial charge in [0.25, 0.3) is 0 Å². The third-order valence-corrected chi connectivity index (χ3v) is 9.35. The normalized spacial score (nSPS) is 22.5. The van der Waals surface area contributed by atoms with Gasteiger partial charge in [0.2, 0.25) is 0 Å². The number of benzene rings is 3. The number of Topliss-reactive ketones (excluding diaryl/α,β-unsaturated/α-hetero) is 3. The number of carbonyl (C=O) groups is 3. The van der Waals surface area contributed by atoms with E-state index in [-0.39, 0.29) is 17.3 Å². The fourth-order valence-corrected chi connectivity index (χ4v) is 7.54. The van der Waals surface area contributed by atoms with Gasteiger partial charge in [-0.1, -0.05) is 83.9 Å². The quantitative estimate of drug-likeness (QED) is 0.209. The number of aryl methyl sites for hydroxylation is 1. The molecule has 3 aromatic carbocycles. The number of thiophene rings is 1. The Morgan fingerprint density at radius 3 is 2.29 bits per heavy atom. The minimum absolute atomic E-state index is 0.0970. The molecule has 3 heterocycles.